The van der Waals surface area contributed by atoms with E-state index in [0.717, 1.165) is 28.0 Å². The number of benzene rings is 2. The van der Waals surface area contributed by atoms with Gasteiger partial charge in [0.05, 0.1) is 18.7 Å². The summed E-state index contributed by atoms with van der Waals surface area (Å²) < 4.78 is 12.8. The number of H-pyrrole nitrogens is 1. The van der Waals surface area contributed by atoms with Crippen LogP contribution in [0.15, 0.2) is 61.1 Å². The molecule has 138 valence electrons. The van der Waals surface area contributed by atoms with Crippen molar-refractivity contribution in [2.75, 3.05) is 7.11 Å². The lowest BCUT2D eigenvalue weighted by atomic mass is 10.1. The van der Waals surface area contributed by atoms with Gasteiger partial charge in [0, 0.05) is 11.6 Å². The average molecular weight is 372 g/mol. The Hall–Kier alpha value is -3.94. The van der Waals surface area contributed by atoms with Crippen molar-refractivity contribution in [2.45, 2.75) is 6.61 Å². The maximum absolute atomic E-state index is 5.88. The summed E-state index contributed by atoms with van der Waals surface area (Å²) in [6.45, 7) is 0.432. The Morgan fingerprint density at radius 2 is 1.96 bits per heavy atom. The zero-order valence-electron chi connectivity index (χ0n) is 15.0. The van der Waals surface area contributed by atoms with Gasteiger partial charge in [0.2, 0.25) is 0 Å². The van der Waals surface area contributed by atoms with E-state index < -0.39 is 0 Å². The van der Waals surface area contributed by atoms with Crippen LogP contribution in [-0.2, 0) is 6.61 Å². The molecule has 0 unspecified atom stereocenters. The number of rotatable bonds is 5. The van der Waals surface area contributed by atoms with Crippen LogP contribution in [-0.4, -0.2) is 36.9 Å². The molecule has 28 heavy (non-hydrogen) atoms. The van der Waals surface area contributed by atoms with Crippen molar-refractivity contribution in [3.8, 4) is 22.9 Å². The lowest BCUT2D eigenvalue weighted by molar-refractivity contribution is 0.303. The van der Waals surface area contributed by atoms with Crippen molar-refractivity contribution >= 4 is 16.7 Å². The minimum atomic E-state index is 0.432. The first kappa shape index (κ1) is 16.2. The minimum Gasteiger partial charge on any atom is -0.497 e. The molecule has 0 aliphatic rings. The highest BCUT2D eigenvalue weighted by molar-refractivity contribution is 5.88. The third-order valence-electron chi connectivity index (χ3n) is 4.42. The van der Waals surface area contributed by atoms with Crippen LogP contribution in [0.1, 0.15) is 5.56 Å². The summed E-state index contributed by atoms with van der Waals surface area (Å²) >= 11 is 0. The molecule has 0 saturated heterocycles. The quantitative estimate of drug-likeness (QED) is 0.509. The molecule has 5 rings (SSSR count). The lowest BCUT2D eigenvalue weighted by Gasteiger charge is -2.08. The predicted molar refractivity (Wildman–Crippen MR) is 103 cm³/mol. The number of nitrogens with one attached hydrogen (secondary N) is 1. The third-order valence-corrected chi connectivity index (χ3v) is 4.42. The summed E-state index contributed by atoms with van der Waals surface area (Å²) in [5.74, 6) is 2.14. The molecular weight excluding hydrogens is 356 g/mol. The van der Waals surface area contributed by atoms with Gasteiger partial charge in [-0.25, -0.2) is 14.5 Å². The van der Waals surface area contributed by atoms with E-state index in [1.54, 1.807) is 24.1 Å². The van der Waals surface area contributed by atoms with Crippen LogP contribution in [0.5, 0.6) is 11.5 Å². The Bertz CT molecular complexity index is 1280. The molecule has 0 fully saturated rings. The first-order valence-electron chi connectivity index (χ1n) is 8.71. The normalized spacial score (nSPS) is 11.2. The molecule has 0 amide bonds. The van der Waals surface area contributed by atoms with E-state index in [1.807, 2.05) is 48.5 Å². The molecule has 0 atom stereocenters. The Morgan fingerprint density at radius 1 is 1.07 bits per heavy atom. The van der Waals surface area contributed by atoms with Crippen molar-refractivity contribution in [3.05, 3.63) is 66.6 Å². The monoisotopic (exact) mass is 372 g/mol. The van der Waals surface area contributed by atoms with Gasteiger partial charge in [-0.15, -0.1) is 5.10 Å². The fourth-order valence-electron chi connectivity index (χ4n) is 3.02. The van der Waals surface area contributed by atoms with E-state index in [9.17, 15) is 0 Å². The second kappa shape index (κ2) is 6.66. The van der Waals surface area contributed by atoms with E-state index in [4.69, 9.17) is 9.47 Å². The summed E-state index contributed by atoms with van der Waals surface area (Å²) in [6.07, 6.45) is 3.33. The summed E-state index contributed by atoms with van der Waals surface area (Å²) in [5, 5.41) is 12.2. The summed E-state index contributed by atoms with van der Waals surface area (Å²) in [5.41, 5.74) is 3.33. The highest BCUT2D eigenvalue weighted by Gasteiger charge is 2.11. The lowest BCUT2D eigenvalue weighted by Crippen LogP contribution is -1.96. The summed E-state index contributed by atoms with van der Waals surface area (Å²) in [6, 6.07) is 15.5. The molecule has 3 aromatic heterocycles. The number of aromatic amines is 1. The number of ether oxygens (including phenoxy) is 2. The Balaban J connectivity index is 1.43. The molecule has 0 aliphatic carbocycles. The Kier molecular flexibility index (Phi) is 3.86. The molecule has 0 spiro atoms. The van der Waals surface area contributed by atoms with Crippen LogP contribution in [0.3, 0.4) is 0 Å². The van der Waals surface area contributed by atoms with Gasteiger partial charge in [0.1, 0.15) is 24.4 Å². The maximum atomic E-state index is 5.88. The van der Waals surface area contributed by atoms with E-state index in [0.29, 0.717) is 23.7 Å². The van der Waals surface area contributed by atoms with Crippen LogP contribution in [0, 0.1) is 0 Å². The first-order valence-corrected chi connectivity index (χ1v) is 8.71. The van der Waals surface area contributed by atoms with Gasteiger partial charge in [-0.3, -0.25) is 5.10 Å². The largest absolute Gasteiger partial charge is 0.497 e. The number of hydrogen-bond donors (Lipinski definition) is 1. The Morgan fingerprint density at radius 3 is 2.89 bits per heavy atom. The molecule has 5 aromatic rings. The molecule has 8 nitrogen and oxygen atoms in total. The van der Waals surface area contributed by atoms with Crippen molar-refractivity contribution in [2.24, 2.45) is 0 Å². The van der Waals surface area contributed by atoms with Gasteiger partial charge >= 0.3 is 0 Å². The van der Waals surface area contributed by atoms with Crippen molar-refractivity contribution in [1.82, 2.24) is 29.8 Å². The topological polar surface area (TPSA) is 90.2 Å². The number of fused-ring (bicyclic) bond motifs is 3. The van der Waals surface area contributed by atoms with Crippen molar-refractivity contribution < 1.29 is 9.47 Å². The van der Waals surface area contributed by atoms with Crippen LogP contribution in [0.4, 0.5) is 0 Å². The van der Waals surface area contributed by atoms with Crippen LogP contribution in [0.25, 0.3) is 28.1 Å². The SMILES string of the molecule is COc1cccc(OCc2cccc(-c3nc4c5cn[nH]c5ncn4n3)c2)c1. The Labute approximate surface area is 159 Å². The van der Waals surface area contributed by atoms with E-state index >= 15 is 0 Å². The average Bonchev–Trinajstić information content (AvgIpc) is 3.39. The van der Waals surface area contributed by atoms with Gasteiger partial charge in [-0.05, 0) is 23.8 Å². The zero-order chi connectivity index (χ0) is 18.9. The van der Waals surface area contributed by atoms with Crippen molar-refractivity contribution in [3.63, 3.8) is 0 Å². The minimum absolute atomic E-state index is 0.432. The molecular formula is C20H16N6O2. The van der Waals surface area contributed by atoms with Gasteiger partial charge in [-0.1, -0.05) is 24.3 Å². The number of aromatic nitrogens is 6. The van der Waals surface area contributed by atoms with Gasteiger partial charge in [0.25, 0.3) is 0 Å². The second-order valence-corrected chi connectivity index (χ2v) is 6.25. The maximum Gasteiger partial charge on any atom is 0.182 e. The molecule has 0 radical (unpaired) electrons. The molecule has 0 bridgehead atoms. The van der Waals surface area contributed by atoms with E-state index in [1.165, 1.54) is 0 Å². The molecule has 8 heteroatoms. The molecule has 2 aromatic carbocycles. The smallest absolute Gasteiger partial charge is 0.182 e. The molecule has 0 aliphatic heterocycles. The van der Waals surface area contributed by atoms with Crippen LogP contribution in [0.2, 0.25) is 0 Å². The van der Waals surface area contributed by atoms with Crippen LogP contribution >= 0.6 is 0 Å². The fourth-order valence-corrected chi connectivity index (χ4v) is 3.02. The first-order chi connectivity index (χ1) is 13.8. The summed E-state index contributed by atoms with van der Waals surface area (Å²) in [7, 11) is 1.64. The predicted octanol–water partition coefficient (Wildman–Crippen LogP) is 3.26. The molecule has 0 saturated carbocycles. The fraction of sp³-hybridized carbons (Fsp3) is 0.100. The number of methoxy groups -OCH3 is 1. The highest BCUT2D eigenvalue weighted by Crippen LogP contribution is 2.23. The molecule has 1 N–H and O–H groups in total. The van der Waals surface area contributed by atoms with Gasteiger partial charge < -0.3 is 9.47 Å². The standard InChI is InChI=1S/C20H16N6O2/c1-27-15-6-3-7-16(9-15)28-11-13-4-2-5-14(8-13)18-23-20-17-10-22-24-19(17)21-12-26(20)25-18/h2-10,12H,11H2,1H3,(H,22,24). The highest BCUT2D eigenvalue weighted by atomic mass is 16.5. The summed E-state index contributed by atoms with van der Waals surface area (Å²) in [4.78, 5) is 8.94. The van der Waals surface area contributed by atoms with Crippen LogP contribution < -0.4 is 9.47 Å². The third kappa shape index (κ3) is 2.90. The molecule has 3 heterocycles. The van der Waals surface area contributed by atoms with Gasteiger partial charge in [-0.2, -0.15) is 5.10 Å². The second-order valence-electron chi connectivity index (χ2n) is 6.25. The number of hydrogen-bond acceptors (Lipinski definition) is 6. The zero-order valence-corrected chi connectivity index (χ0v) is 15.0. The van der Waals surface area contributed by atoms with E-state index in [-0.39, 0.29) is 0 Å². The van der Waals surface area contributed by atoms with E-state index in [2.05, 4.69) is 25.3 Å². The number of nitrogens with zero attached hydrogens (tertiary/aromatic N) is 5. The van der Waals surface area contributed by atoms with Gasteiger partial charge in [0.15, 0.2) is 17.1 Å². The van der Waals surface area contributed by atoms with Crippen molar-refractivity contribution in [1.29, 1.82) is 0 Å².